The highest BCUT2D eigenvalue weighted by atomic mass is 32.2. The van der Waals surface area contributed by atoms with E-state index in [1.807, 2.05) is 30.3 Å². The van der Waals surface area contributed by atoms with Crippen molar-refractivity contribution >= 4 is 51.7 Å². The van der Waals surface area contributed by atoms with Crippen LogP contribution in [-0.2, 0) is 4.79 Å². The molecule has 8 heteroatoms. The number of nitrogens with one attached hydrogen (secondary N) is 1. The first-order chi connectivity index (χ1) is 12.0. The van der Waals surface area contributed by atoms with E-state index in [0.717, 1.165) is 5.69 Å². The molecule has 1 aliphatic heterocycles. The van der Waals surface area contributed by atoms with Crippen LogP contribution >= 0.6 is 24.0 Å². The topological polar surface area (TPSA) is 75.5 Å². The number of nitrogens with zero attached hydrogens (tertiary/aromatic N) is 2. The molecule has 1 amide bonds. The summed E-state index contributed by atoms with van der Waals surface area (Å²) in [5.41, 5.74) is 1.62. The van der Waals surface area contributed by atoms with Gasteiger partial charge in [-0.2, -0.15) is 0 Å². The Balaban J connectivity index is 1.70. The van der Waals surface area contributed by atoms with E-state index in [1.54, 1.807) is 18.2 Å². The summed E-state index contributed by atoms with van der Waals surface area (Å²) in [7, 11) is 0. The van der Waals surface area contributed by atoms with Gasteiger partial charge in [0.1, 0.15) is 4.32 Å². The fourth-order valence-corrected chi connectivity index (χ4v) is 3.46. The average molecular weight is 371 g/mol. The highest BCUT2D eigenvalue weighted by molar-refractivity contribution is 8.26. The van der Waals surface area contributed by atoms with Gasteiger partial charge >= 0.3 is 0 Å². The summed E-state index contributed by atoms with van der Waals surface area (Å²) in [5, 5.41) is 13.8. The first-order valence-corrected chi connectivity index (χ1v) is 8.56. The Hall–Kier alpha value is -2.71. The summed E-state index contributed by atoms with van der Waals surface area (Å²) in [4.78, 5) is 24.7. The van der Waals surface area contributed by atoms with E-state index in [4.69, 9.17) is 12.2 Å². The zero-order valence-electron chi connectivity index (χ0n) is 12.9. The molecular formula is C17H13N3O3S2. The normalized spacial score (nSPS) is 15.7. The van der Waals surface area contributed by atoms with E-state index in [0.29, 0.717) is 14.8 Å². The van der Waals surface area contributed by atoms with Crippen LogP contribution in [0.15, 0.2) is 59.5 Å². The van der Waals surface area contributed by atoms with E-state index in [9.17, 15) is 14.9 Å². The summed E-state index contributed by atoms with van der Waals surface area (Å²) >= 11 is 6.50. The third kappa shape index (κ3) is 4.04. The number of para-hydroxylation sites is 1. The summed E-state index contributed by atoms with van der Waals surface area (Å²) in [6.07, 6.45) is 1.69. The predicted molar refractivity (Wildman–Crippen MR) is 103 cm³/mol. The van der Waals surface area contributed by atoms with Crippen LogP contribution in [-0.4, -0.2) is 26.7 Å². The minimum Gasteiger partial charge on any atom is -0.367 e. The molecule has 0 radical (unpaired) electrons. The van der Waals surface area contributed by atoms with Gasteiger partial charge in [0.25, 0.3) is 11.6 Å². The molecule has 0 unspecified atom stereocenters. The van der Waals surface area contributed by atoms with Gasteiger partial charge in [-0.1, -0.05) is 42.2 Å². The van der Waals surface area contributed by atoms with Crippen LogP contribution in [0.5, 0.6) is 0 Å². The van der Waals surface area contributed by atoms with Crippen LogP contribution in [0.3, 0.4) is 0 Å². The smallest absolute Gasteiger partial charge is 0.269 e. The number of amides is 1. The number of hydrogen-bond donors (Lipinski definition) is 1. The third-order valence-corrected chi connectivity index (χ3v) is 4.87. The van der Waals surface area contributed by atoms with Gasteiger partial charge in [-0.25, -0.2) is 0 Å². The molecule has 1 aliphatic rings. The SMILES string of the molecule is O=C1C(=Cc2ccc([N+](=O)[O-])cc2)SC(=S)N1CNc1ccccc1. The second-order valence-corrected chi connectivity index (χ2v) is 6.84. The van der Waals surface area contributed by atoms with Crippen LogP contribution in [0.2, 0.25) is 0 Å². The fraction of sp³-hybridized carbons (Fsp3) is 0.0588. The zero-order chi connectivity index (χ0) is 17.8. The largest absolute Gasteiger partial charge is 0.367 e. The number of nitro groups is 1. The molecule has 126 valence electrons. The van der Waals surface area contributed by atoms with Gasteiger partial charge in [0.15, 0.2) is 0 Å². The van der Waals surface area contributed by atoms with Crippen molar-refractivity contribution in [2.24, 2.45) is 0 Å². The Kier molecular flexibility index (Phi) is 5.11. The minimum absolute atomic E-state index is 0.0109. The molecule has 0 spiro atoms. The van der Waals surface area contributed by atoms with Crippen molar-refractivity contribution in [3.63, 3.8) is 0 Å². The van der Waals surface area contributed by atoms with Crippen LogP contribution in [0.25, 0.3) is 6.08 Å². The molecule has 1 fully saturated rings. The minimum atomic E-state index is -0.460. The van der Waals surface area contributed by atoms with E-state index < -0.39 is 4.92 Å². The van der Waals surface area contributed by atoms with Gasteiger partial charge in [0.05, 0.1) is 16.5 Å². The van der Waals surface area contributed by atoms with Crippen molar-refractivity contribution in [3.05, 3.63) is 75.2 Å². The van der Waals surface area contributed by atoms with E-state index in [2.05, 4.69) is 5.32 Å². The molecule has 2 aromatic carbocycles. The van der Waals surface area contributed by atoms with E-state index >= 15 is 0 Å². The number of hydrogen-bond acceptors (Lipinski definition) is 6. The number of rotatable bonds is 5. The molecule has 2 aromatic rings. The first-order valence-electron chi connectivity index (χ1n) is 7.33. The summed E-state index contributed by atoms with van der Waals surface area (Å²) < 4.78 is 0.474. The number of carbonyl (C=O) groups excluding carboxylic acids is 1. The molecule has 6 nitrogen and oxygen atoms in total. The standard InChI is InChI=1S/C17H13N3O3S2/c21-16-15(10-12-6-8-14(9-7-12)20(22)23)25-17(24)19(16)11-18-13-4-2-1-3-5-13/h1-10,18H,11H2. The van der Waals surface area contributed by atoms with Crippen molar-refractivity contribution in [2.75, 3.05) is 12.0 Å². The molecule has 0 saturated carbocycles. The molecule has 0 bridgehead atoms. The molecule has 3 rings (SSSR count). The summed E-state index contributed by atoms with van der Waals surface area (Å²) in [6.45, 7) is 0.284. The Morgan fingerprint density at radius 3 is 2.48 bits per heavy atom. The van der Waals surface area contributed by atoms with Crippen LogP contribution in [0.4, 0.5) is 11.4 Å². The molecule has 1 heterocycles. The number of nitro benzene ring substituents is 1. The van der Waals surface area contributed by atoms with Gasteiger partial charge in [-0.05, 0) is 35.9 Å². The second-order valence-electron chi connectivity index (χ2n) is 5.16. The predicted octanol–water partition coefficient (Wildman–Crippen LogP) is 3.87. The van der Waals surface area contributed by atoms with Crippen molar-refractivity contribution in [3.8, 4) is 0 Å². The fourth-order valence-electron chi connectivity index (χ4n) is 2.21. The molecule has 0 atom stereocenters. The van der Waals surface area contributed by atoms with Crippen molar-refractivity contribution in [1.29, 1.82) is 0 Å². The van der Waals surface area contributed by atoms with Crippen molar-refractivity contribution < 1.29 is 9.72 Å². The van der Waals surface area contributed by atoms with Gasteiger partial charge in [-0.15, -0.1) is 0 Å². The van der Waals surface area contributed by atoms with Crippen LogP contribution in [0.1, 0.15) is 5.56 Å². The number of non-ortho nitro benzene ring substituents is 1. The zero-order valence-corrected chi connectivity index (χ0v) is 14.5. The molecule has 0 aromatic heterocycles. The summed E-state index contributed by atoms with van der Waals surface area (Å²) in [5.74, 6) is -0.184. The quantitative estimate of drug-likeness (QED) is 0.372. The Labute approximate surface area is 153 Å². The highest BCUT2D eigenvalue weighted by Gasteiger charge is 2.31. The van der Waals surface area contributed by atoms with E-state index in [-0.39, 0.29) is 18.3 Å². The number of carbonyl (C=O) groups is 1. The Morgan fingerprint density at radius 2 is 1.84 bits per heavy atom. The van der Waals surface area contributed by atoms with Gasteiger partial charge in [0, 0.05) is 17.8 Å². The lowest BCUT2D eigenvalue weighted by Crippen LogP contribution is -2.33. The van der Waals surface area contributed by atoms with Crippen molar-refractivity contribution in [1.82, 2.24) is 4.90 Å². The maximum absolute atomic E-state index is 12.5. The first kappa shape index (κ1) is 17.1. The maximum Gasteiger partial charge on any atom is 0.269 e. The van der Waals surface area contributed by atoms with Gasteiger partial charge in [0.2, 0.25) is 0 Å². The second kappa shape index (κ2) is 7.45. The lowest BCUT2D eigenvalue weighted by atomic mass is 10.2. The number of thiocarbonyl (C=S) groups is 1. The maximum atomic E-state index is 12.5. The third-order valence-electron chi connectivity index (χ3n) is 3.49. The molecule has 25 heavy (non-hydrogen) atoms. The molecule has 1 N–H and O–H groups in total. The number of anilines is 1. The monoisotopic (exact) mass is 371 g/mol. The molecule has 1 saturated heterocycles. The van der Waals surface area contributed by atoms with Crippen LogP contribution < -0.4 is 5.32 Å². The molecule has 0 aliphatic carbocycles. The van der Waals surface area contributed by atoms with E-state index in [1.165, 1.54) is 28.8 Å². The highest BCUT2D eigenvalue weighted by Crippen LogP contribution is 2.32. The van der Waals surface area contributed by atoms with Gasteiger partial charge in [-0.3, -0.25) is 19.8 Å². The summed E-state index contributed by atoms with van der Waals surface area (Å²) in [6, 6.07) is 15.6. The Bertz CT molecular complexity index is 851. The van der Waals surface area contributed by atoms with Crippen LogP contribution in [0, 0.1) is 10.1 Å². The average Bonchev–Trinajstić information content (AvgIpc) is 2.88. The lowest BCUT2D eigenvalue weighted by Gasteiger charge is -2.16. The number of thioether (sulfide) groups is 1. The van der Waals surface area contributed by atoms with Gasteiger partial charge < -0.3 is 5.32 Å². The number of benzene rings is 2. The lowest BCUT2D eigenvalue weighted by molar-refractivity contribution is -0.384. The van der Waals surface area contributed by atoms with Crippen molar-refractivity contribution in [2.45, 2.75) is 0 Å². The Morgan fingerprint density at radius 1 is 1.16 bits per heavy atom. The molecular weight excluding hydrogens is 358 g/mol.